The van der Waals surface area contributed by atoms with Crippen molar-refractivity contribution in [3.05, 3.63) is 0 Å². The van der Waals surface area contributed by atoms with E-state index in [0.29, 0.717) is 12.0 Å². The van der Waals surface area contributed by atoms with Gasteiger partial charge in [-0.2, -0.15) is 0 Å². The molecule has 1 N–H and O–H groups in total. The maximum atomic E-state index is 12.4. The van der Waals surface area contributed by atoms with Gasteiger partial charge >= 0.3 is 0 Å². The lowest BCUT2D eigenvalue weighted by molar-refractivity contribution is -0.146. The van der Waals surface area contributed by atoms with Gasteiger partial charge in [-0.25, -0.2) is 0 Å². The first-order valence-electron chi connectivity index (χ1n) is 6.70. The van der Waals surface area contributed by atoms with E-state index in [1.807, 2.05) is 0 Å². The number of amides is 1. The van der Waals surface area contributed by atoms with Gasteiger partial charge in [0, 0.05) is 6.04 Å². The Kier molecular flexibility index (Phi) is 2.42. The van der Waals surface area contributed by atoms with Gasteiger partial charge in [0.25, 0.3) is 5.91 Å². The predicted molar refractivity (Wildman–Crippen MR) is 64.6 cm³/mol. The van der Waals surface area contributed by atoms with Gasteiger partial charge in [0.05, 0.1) is 11.6 Å². The minimum absolute atomic E-state index is 0.0712. The van der Waals surface area contributed by atoms with Crippen LogP contribution in [0.15, 0.2) is 5.16 Å². The number of fused-ring (bicyclic) bond motifs is 1. The molecule has 1 amide bonds. The third kappa shape index (κ3) is 1.65. The zero-order valence-electron chi connectivity index (χ0n) is 10.5. The van der Waals surface area contributed by atoms with Crippen LogP contribution in [0.3, 0.4) is 0 Å². The van der Waals surface area contributed by atoms with E-state index in [0.717, 1.165) is 37.8 Å². The Labute approximate surface area is 102 Å². The summed E-state index contributed by atoms with van der Waals surface area (Å²) in [6.07, 6.45) is 5.15. The normalized spacial score (nSPS) is 35.5. The number of nitrogens with one attached hydrogen (secondary N) is 1. The molecule has 3 rings (SSSR count). The number of carbonyl (C=O) groups is 1. The number of nitrogens with zero attached hydrogens (tertiary/aromatic N) is 1. The van der Waals surface area contributed by atoms with E-state index < -0.39 is 5.60 Å². The fourth-order valence-electron chi connectivity index (χ4n) is 3.03. The van der Waals surface area contributed by atoms with E-state index in [1.165, 1.54) is 0 Å². The second-order valence-corrected chi connectivity index (χ2v) is 5.84. The Balaban J connectivity index is 1.80. The molecule has 0 saturated heterocycles. The molecule has 94 valence electrons. The average molecular weight is 236 g/mol. The monoisotopic (exact) mass is 236 g/mol. The second-order valence-electron chi connectivity index (χ2n) is 5.84. The lowest BCUT2D eigenvalue weighted by atomic mass is 9.83. The van der Waals surface area contributed by atoms with Gasteiger partial charge in [-0.15, -0.1) is 0 Å². The fourth-order valence-corrected chi connectivity index (χ4v) is 3.03. The first-order valence-corrected chi connectivity index (χ1v) is 6.70. The van der Waals surface area contributed by atoms with Crippen molar-refractivity contribution in [3.8, 4) is 0 Å². The third-order valence-corrected chi connectivity index (χ3v) is 4.16. The molecule has 2 atom stereocenters. The Bertz CT molecular complexity index is 374. The highest BCUT2D eigenvalue weighted by molar-refractivity contribution is 5.99. The highest BCUT2D eigenvalue weighted by atomic mass is 16.7. The standard InChI is InChI=1S/C13H20N2O2/c1-8(2)11-10-4-3-7-13(10,17-15-11)12(16)14-9-5-6-9/h8-10H,3-7H2,1-2H3,(H,14,16). The van der Waals surface area contributed by atoms with Crippen LogP contribution in [0.25, 0.3) is 0 Å². The summed E-state index contributed by atoms with van der Waals surface area (Å²) in [4.78, 5) is 18.0. The molecular formula is C13H20N2O2. The van der Waals surface area contributed by atoms with Crippen molar-refractivity contribution in [1.29, 1.82) is 0 Å². The largest absolute Gasteiger partial charge is 0.378 e. The van der Waals surface area contributed by atoms with E-state index >= 15 is 0 Å². The Morgan fingerprint density at radius 1 is 1.47 bits per heavy atom. The maximum Gasteiger partial charge on any atom is 0.267 e. The van der Waals surface area contributed by atoms with Gasteiger partial charge in [-0.3, -0.25) is 4.79 Å². The predicted octanol–water partition coefficient (Wildman–Crippen LogP) is 1.85. The van der Waals surface area contributed by atoms with Gasteiger partial charge in [0.2, 0.25) is 5.60 Å². The summed E-state index contributed by atoms with van der Waals surface area (Å²) in [6.45, 7) is 4.24. The van der Waals surface area contributed by atoms with Gasteiger partial charge < -0.3 is 10.2 Å². The molecule has 0 spiro atoms. The number of oxime groups is 1. The zero-order chi connectivity index (χ0) is 12.0. The molecule has 3 aliphatic rings. The van der Waals surface area contributed by atoms with Crippen LogP contribution in [0.2, 0.25) is 0 Å². The fraction of sp³-hybridized carbons (Fsp3) is 0.846. The molecule has 2 unspecified atom stereocenters. The van der Waals surface area contributed by atoms with E-state index in [-0.39, 0.29) is 11.8 Å². The quantitative estimate of drug-likeness (QED) is 0.813. The Morgan fingerprint density at radius 2 is 2.24 bits per heavy atom. The van der Waals surface area contributed by atoms with Gasteiger partial charge in [0.15, 0.2) is 0 Å². The van der Waals surface area contributed by atoms with Crippen LogP contribution in [0.4, 0.5) is 0 Å². The van der Waals surface area contributed by atoms with Crippen LogP contribution in [0, 0.1) is 11.8 Å². The minimum Gasteiger partial charge on any atom is -0.378 e. The maximum absolute atomic E-state index is 12.4. The van der Waals surface area contributed by atoms with E-state index in [4.69, 9.17) is 4.84 Å². The summed E-state index contributed by atoms with van der Waals surface area (Å²) in [5, 5.41) is 7.28. The van der Waals surface area contributed by atoms with Crippen molar-refractivity contribution in [2.24, 2.45) is 17.0 Å². The highest BCUT2D eigenvalue weighted by Crippen LogP contribution is 2.45. The second kappa shape index (κ2) is 3.72. The molecule has 2 saturated carbocycles. The molecule has 4 nitrogen and oxygen atoms in total. The van der Waals surface area contributed by atoms with Crippen LogP contribution in [-0.4, -0.2) is 23.3 Å². The van der Waals surface area contributed by atoms with Gasteiger partial charge in [-0.1, -0.05) is 19.0 Å². The lowest BCUT2D eigenvalue weighted by Gasteiger charge is -2.26. The molecule has 0 radical (unpaired) electrons. The summed E-state index contributed by atoms with van der Waals surface area (Å²) in [7, 11) is 0. The molecule has 17 heavy (non-hydrogen) atoms. The molecule has 2 aliphatic carbocycles. The SMILES string of the molecule is CC(C)C1=NOC2(C(=O)NC3CC3)CCCC12. The zero-order valence-corrected chi connectivity index (χ0v) is 10.5. The summed E-state index contributed by atoms with van der Waals surface area (Å²) >= 11 is 0. The number of hydrogen-bond acceptors (Lipinski definition) is 3. The highest BCUT2D eigenvalue weighted by Gasteiger charge is 2.58. The number of rotatable bonds is 3. The van der Waals surface area contributed by atoms with E-state index in [1.54, 1.807) is 0 Å². The molecule has 0 aromatic rings. The molecule has 0 bridgehead atoms. The summed E-state index contributed by atoms with van der Waals surface area (Å²) in [5.41, 5.74) is 0.413. The number of hydrogen-bond donors (Lipinski definition) is 1. The molecule has 1 heterocycles. The summed E-state index contributed by atoms with van der Waals surface area (Å²) < 4.78 is 0. The third-order valence-electron chi connectivity index (χ3n) is 4.16. The van der Waals surface area contributed by atoms with Crippen molar-refractivity contribution < 1.29 is 9.63 Å². The van der Waals surface area contributed by atoms with E-state index in [9.17, 15) is 4.79 Å². The summed E-state index contributed by atoms with van der Waals surface area (Å²) in [5.74, 6) is 0.650. The van der Waals surface area contributed by atoms with Crippen LogP contribution >= 0.6 is 0 Å². The molecule has 0 aromatic carbocycles. The van der Waals surface area contributed by atoms with Crippen molar-refractivity contribution >= 4 is 11.6 Å². The molecule has 0 aromatic heterocycles. The number of carbonyl (C=O) groups excluding carboxylic acids is 1. The van der Waals surface area contributed by atoms with Crippen LogP contribution in [0.5, 0.6) is 0 Å². The molecule has 1 aliphatic heterocycles. The summed E-state index contributed by atoms with van der Waals surface area (Å²) in [6, 6.07) is 0.393. The van der Waals surface area contributed by atoms with Crippen molar-refractivity contribution in [2.45, 2.75) is 57.6 Å². The first-order chi connectivity index (χ1) is 8.13. The van der Waals surface area contributed by atoms with Crippen molar-refractivity contribution in [2.75, 3.05) is 0 Å². The lowest BCUT2D eigenvalue weighted by Crippen LogP contribution is -2.50. The van der Waals surface area contributed by atoms with Crippen molar-refractivity contribution in [3.63, 3.8) is 0 Å². The average Bonchev–Trinajstić information content (AvgIpc) is 2.86. The Hall–Kier alpha value is -1.06. The van der Waals surface area contributed by atoms with Crippen LogP contribution in [-0.2, 0) is 9.63 Å². The van der Waals surface area contributed by atoms with Gasteiger partial charge in [-0.05, 0) is 38.0 Å². The topological polar surface area (TPSA) is 50.7 Å². The van der Waals surface area contributed by atoms with Gasteiger partial charge in [0.1, 0.15) is 0 Å². The Morgan fingerprint density at radius 3 is 2.88 bits per heavy atom. The van der Waals surface area contributed by atoms with Crippen LogP contribution < -0.4 is 5.32 Å². The molecule has 4 heteroatoms. The van der Waals surface area contributed by atoms with Crippen molar-refractivity contribution in [1.82, 2.24) is 5.32 Å². The molecule has 2 fully saturated rings. The minimum atomic E-state index is -0.664. The molecular weight excluding hydrogens is 216 g/mol. The smallest absolute Gasteiger partial charge is 0.267 e. The first kappa shape index (κ1) is 11.1. The van der Waals surface area contributed by atoms with Crippen LogP contribution in [0.1, 0.15) is 46.0 Å². The van der Waals surface area contributed by atoms with E-state index in [2.05, 4.69) is 24.3 Å².